The predicted octanol–water partition coefficient (Wildman–Crippen LogP) is 4.07. The number of hydrogen-bond acceptors (Lipinski definition) is 4. The summed E-state index contributed by atoms with van der Waals surface area (Å²) in [5.41, 5.74) is -0.283. The molecule has 0 radical (unpaired) electrons. The lowest BCUT2D eigenvalue weighted by atomic mass is 10.1. The number of rotatable bonds is 6. The first-order chi connectivity index (χ1) is 11.8. The largest absolute Gasteiger partial charge is 0.492 e. The third-order valence-corrected chi connectivity index (χ3v) is 3.21. The number of carbonyl (C=O) groups excluding carboxylic acids is 1. The zero-order chi connectivity index (χ0) is 18.4. The quantitative estimate of drug-likeness (QED) is 0.822. The summed E-state index contributed by atoms with van der Waals surface area (Å²) in [5.74, 6) is 0.161. The molecular weight excluding hydrogens is 335 g/mol. The molecule has 0 saturated heterocycles. The minimum Gasteiger partial charge on any atom is -0.492 e. The average molecular weight is 353 g/mol. The molecule has 0 bridgehead atoms. The molecule has 0 aliphatic rings. The molecule has 1 aromatic carbocycles. The number of carbonyl (C=O) groups is 1. The first kappa shape index (κ1) is 18.6. The highest BCUT2D eigenvalue weighted by molar-refractivity contribution is 5.89. The fraction of sp³-hybridized carbons (Fsp3) is 0.294. The summed E-state index contributed by atoms with van der Waals surface area (Å²) in [6, 6.07) is 6.97. The highest BCUT2D eigenvalue weighted by atomic mass is 19.4. The van der Waals surface area contributed by atoms with Crippen LogP contribution in [0.15, 0.2) is 36.5 Å². The van der Waals surface area contributed by atoms with Crippen molar-refractivity contribution in [1.82, 2.24) is 4.98 Å². The van der Waals surface area contributed by atoms with E-state index >= 15 is 0 Å². The number of benzene rings is 1. The third-order valence-electron chi connectivity index (χ3n) is 3.21. The molecule has 1 heterocycles. The van der Waals surface area contributed by atoms with Crippen molar-refractivity contribution in [3.05, 3.63) is 47.8 Å². The van der Waals surface area contributed by atoms with Gasteiger partial charge in [0.15, 0.2) is 0 Å². The number of ether oxygens (including phenoxy) is 1. The van der Waals surface area contributed by atoms with Gasteiger partial charge in [0, 0.05) is 18.3 Å². The Bertz CT molecular complexity index is 731. The lowest BCUT2D eigenvalue weighted by Gasteiger charge is -2.16. The maximum Gasteiger partial charge on any atom is 0.418 e. The molecule has 0 atom stereocenters. The molecule has 2 aromatic rings. The van der Waals surface area contributed by atoms with E-state index in [9.17, 15) is 18.0 Å². The molecule has 2 rings (SSSR count). The maximum absolute atomic E-state index is 13.2. The van der Waals surface area contributed by atoms with Gasteiger partial charge in [0.2, 0.25) is 5.91 Å². The second kappa shape index (κ2) is 7.87. The summed E-state index contributed by atoms with van der Waals surface area (Å²) in [5, 5.41) is 5.08. The van der Waals surface area contributed by atoms with Crippen molar-refractivity contribution in [1.29, 1.82) is 0 Å². The molecule has 5 nitrogen and oxygen atoms in total. The van der Waals surface area contributed by atoms with Gasteiger partial charge in [0.25, 0.3) is 0 Å². The molecule has 1 aromatic heterocycles. The van der Waals surface area contributed by atoms with Crippen molar-refractivity contribution in [2.75, 3.05) is 17.2 Å². The highest BCUT2D eigenvalue weighted by Crippen LogP contribution is 2.36. The van der Waals surface area contributed by atoms with E-state index < -0.39 is 17.6 Å². The Hall–Kier alpha value is -2.77. The maximum atomic E-state index is 13.2. The van der Waals surface area contributed by atoms with E-state index in [1.165, 1.54) is 25.3 Å². The Labute approximate surface area is 143 Å². The number of aromatic nitrogens is 1. The molecule has 0 spiro atoms. The van der Waals surface area contributed by atoms with E-state index in [0.717, 1.165) is 6.07 Å². The summed E-state index contributed by atoms with van der Waals surface area (Å²) in [4.78, 5) is 15.2. The normalized spacial score (nSPS) is 11.1. The summed E-state index contributed by atoms with van der Waals surface area (Å²) in [6.45, 7) is 3.71. The van der Waals surface area contributed by atoms with Crippen LogP contribution in [0.4, 0.5) is 24.5 Å². The van der Waals surface area contributed by atoms with Gasteiger partial charge < -0.3 is 15.4 Å². The Balaban J connectivity index is 2.16. The predicted molar refractivity (Wildman–Crippen MR) is 88.5 cm³/mol. The topological polar surface area (TPSA) is 63.2 Å². The zero-order valence-electron chi connectivity index (χ0n) is 13.8. The lowest BCUT2D eigenvalue weighted by Crippen LogP contribution is -2.13. The second-order valence-corrected chi connectivity index (χ2v) is 5.21. The molecule has 2 N–H and O–H groups in total. The van der Waals surface area contributed by atoms with Gasteiger partial charge in [-0.15, -0.1) is 0 Å². The molecule has 0 saturated carbocycles. The van der Waals surface area contributed by atoms with Gasteiger partial charge in [-0.2, -0.15) is 13.2 Å². The van der Waals surface area contributed by atoms with Gasteiger partial charge in [-0.25, -0.2) is 0 Å². The van der Waals surface area contributed by atoms with Crippen LogP contribution in [0, 0.1) is 0 Å². The Morgan fingerprint density at radius 2 is 2.00 bits per heavy atom. The van der Waals surface area contributed by atoms with Crippen molar-refractivity contribution >= 4 is 17.3 Å². The van der Waals surface area contributed by atoms with Gasteiger partial charge in [-0.3, -0.25) is 9.78 Å². The monoisotopic (exact) mass is 353 g/mol. The molecule has 0 aliphatic carbocycles. The molecule has 8 heteroatoms. The number of nitrogens with zero attached hydrogens (tertiary/aromatic N) is 1. The molecule has 134 valence electrons. The smallest absolute Gasteiger partial charge is 0.418 e. The van der Waals surface area contributed by atoms with Crippen LogP contribution >= 0.6 is 0 Å². The van der Waals surface area contributed by atoms with Crippen LogP contribution in [-0.2, 0) is 17.5 Å². The van der Waals surface area contributed by atoms with Crippen LogP contribution in [0.25, 0.3) is 0 Å². The first-order valence-electron chi connectivity index (χ1n) is 7.60. The minimum atomic E-state index is -4.55. The molecule has 1 amide bonds. The first-order valence-corrected chi connectivity index (χ1v) is 7.60. The fourth-order valence-corrected chi connectivity index (χ4v) is 2.17. The highest BCUT2D eigenvalue weighted by Gasteiger charge is 2.33. The lowest BCUT2D eigenvalue weighted by molar-refractivity contribution is -0.137. The number of anilines is 2. The molecule has 25 heavy (non-hydrogen) atoms. The molecule has 0 unspecified atom stereocenters. The number of halogens is 3. The van der Waals surface area contributed by atoms with E-state index in [4.69, 9.17) is 4.74 Å². The summed E-state index contributed by atoms with van der Waals surface area (Å²) >= 11 is 0. The van der Waals surface area contributed by atoms with Crippen LogP contribution in [0.1, 0.15) is 25.1 Å². The standard InChI is InChI=1S/C17H18F3N3O2/c1-3-25-14-6-4-13(21-10-14)9-22-16-7-5-12(23-11(2)24)8-15(16)17(18,19)20/h4-8,10,22H,3,9H2,1-2H3,(H,23,24). The number of hydrogen-bond donors (Lipinski definition) is 2. The van der Waals surface area contributed by atoms with Crippen molar-refractivity contribution in [2.45, 2.75) is 26.6 Å². The van der Waals surface area contributed by atoms with Crippen LogP contribution in [0.2, 0.25) is 0 Å². The van der Waals surface area contributed by atoms with E-state index in [1.807, 2.05) is 6.92 Å². The Morgan fingerprint density at radius 1 is 1.24 bits per heavy atom. The third kappa shape index (κ3) is 5.37. The van der Waals surface area contributed by atoms with Crippen molar-refractivity contribution in [3.63, 3.8) is 0 Å². The number of pyridine rings is 1. The number of amides is 1. The van der Waals surface area contributed by atoms with Crippen LogP contribution in [0.3, 0.4) is 0 Å². The summed E-state index contributed by atoms with van der Waals surface area (Å²) < 4.78 is 45.0. The van der Waals surface area contributed by atoms with Gasteiger partial charge in [0.05, 0.1) is 30.6 Å². The van der Waals surface area contributed by atoms with Gasteiger partial charge >= 0.3 is 6.18 Å². The SMILES string of the molecule is CCOc1ccc(CNc2ccc(NC(C)=O)cc2C(F)(F)F)nc1. The fourth-order valence-electron chi connectivity index (χ4n) is 2.17. The van der Waals surface area contributed by atoms with Crippen LogP contribution in [0.5, 0.6) is 5.75 Å². The van der Waals surface area contributed by atoms with E-state index in [-0.39, 0.29) is 17.9 Å². The number of nitrogens with one attached hydrogen (secondary N) is 2. The number of alkyl halides is 3. The van der Waals surface area contributed by atoms with Gasteiger partial charge in [-0.1, -0.05) is 0 Å². The molecular formula is C17H18F3N3O2. The zero-order valence-corrected chi connectivity index (χ0v) is 13.8. The van der Waals surface area contributed by atoms with E-state index in [0.29, 0.717) is 18.1 Å². The second-order valence-electron chi connectivity index (χ2n) is 5.21. The van der Waals surface area contributed by atoms with E-state index in [2.05, 4.69) is 15.6 Å². The summed E-state index contributed by atoms with van der Waals surface area (Å²) in [6.07, 6.45) is -3.03. The van der Waals surface area contributed by atoms with Crippen molar-refractivity contribution in [2.24, 2.45) is 0 Å². The van der Waals surface area contributed by atoms with Crippen LogP contribution in [-0.4, -0.2) is 17.5 Å². The summed E-state index contributed by atoms with van der Waals surface area (Å²) in [7, 11) is 0. The molecule has 0 fully saturated rings. The van der Waals surface area contributed by atoms with Gasteiger partial charge in [0.1, 0.15) is 5.75 Å². The van der Waals surface area contributed by atoms with Crippen LogP contribution < -0.4 is 15.4 Å². The van der Waals surface area contributed by atoms with Gasteiger partial charge in [-0.05, 0) is 37.3 Å². The minimum absolute atomic E-state index is 0.0858. The van der Waals surface area contributed by atoms with E-state index in [1.54, 1.807) is 12.1 Å². The average Bonchev–Trinajstić information content (AvgIpc) is 2.54. The Morgan fingerprint density at radius 3 is 2.56 bits per heavy atom. The van der Waals surface area contributed by atoms with Crippen molar-refractivity contribution in [3.8, 4) is 5.75 Å². The molecule has 0 aliphatic heterocycles. The Kier molecular flexibility index (Phi) is 5.84. The van der Waals surface area contributed by atoms with Crippen molar-refractivity contribution < 1.29 is 22.7 Å².